The number of likely N-dealkylation sites (tertiary alicyclic amines) is 1. The average Bonchev–Trinajstić information content (AvgIpc) is 3.19. The van der Waals surface area contributed by atoms with Crippen LogP contribution < -0.4 is 5.73 Å². The van der Waals surface area contributed by atoms with Crippen LogP contribution >= 0.6 is 0 Å². The second-order valence-corrected chi connectivity index (χ2v) is 4.97. The fourth-order valence-corrected chi connectivity index (χ4v) is 2.35. The molecule has 1 fully saturated rings. The summed E-state index contributed by atoms with van der Waals surface area (Å²) in [6.45, 7) is 2.73. The van der Waals surface area contributed by atoms with Crippen molar-refractivity contribution in [2.75, 3.05) is 19.6 Å². The van der Waals surface area contributed by atoms with Crippen molar-refractivity contribution in [3.63, 3.8) is 0 Å². The third-order valence-electron chi connectivity index (χ3n) is 3.41. The van der Waals surface area contributed by atoms with Gasteiger partial charge in [0.15, 0.2) is 11.6 Å². The molecule has 0 spiro atoms. The largest absolute Gasteiger partial charge is 0.433 e. The molecule has 2 aromatic heterocycles. The van der Waals surface area contributed by atoms with E-state index in [9.17, 15) is 10.1 Å². The lowest BCUT2D eigenvalue weighted by atomic mass is 10.3. The Bertz CT molecular complexity index is 631. The van der Waals surface area contributed by atoms with Crippen molar-refractivity contribution in [3.05, 3.63) is 28.1 Å². The van der Waals surface area contributed by atoms with Crippen molar-refractivity contribution in [1.82, 2.24) is 15.0 Å². The number of hydrogen-bond donors (Lipinski definition) is 1. The molecular formula is C12H15N5O4. The first-order valence-corrected chi connectivity index (χ1v) is 6.69. The summed E-state index contributed by atoms with van der Waals surface area (Å²) < 4.78 is 10.1. The van der Waals surface area contributed by atoms with Gasteiger partial charge in [0, 0.05) is 6.54 Å². The minimum atomic E-state index is -0.625. The fraction of sp³-hybridized carbons (Fsp3) is 0.500. The van der Waals surface area contributed by atoms with Crippen molar-refractivity contribution >= 4 is 5.88 Å². The SMILES string of the molecule is NC(CN1CCCC1)c1noc(-c2ccc([N+](=O)[O-])o2)n1. The van der Waals surface area contributed by atoms with Crippen LogP contribution in [0.15, 0.2) is 21.1 Å². The predicted molar refractivity (Wildman–Crippen MR) is 71.3 cm³/mol. The molecule has 0 bridgehead atoms. The standard InChI is InChI=1S/C12H15N5O4/c13-8(7-16-5-1-2-6-16)11-14-12(21-15-11)9-3-4-10(20-9)17(18)19/h3-4,8H,1-2,5-7,13H2. The van der Waals surface area contributed by atoms with E-state index < -0.39 is 4.92 Å². The Morgan fingerprint density at radius 1 is 1.43 bits per heavy atom. The summed E-state index contributed by atoms with van der Waals surface area (Å²) in [5.74, 6) is 0.255. The Hall–Kier alpha value is -2.26. The van der Waals surface area contributed by atoms with Gasteiger partial charge in [-0.2, -0.15) is 4.98 Å². The van der Waals surface area contributed by atoms with Crippen LogP contribution in [0.3, 0.4) is 0 Å². The summed E-state index contributed by atoms with van der Waals surface area (Å²) in [6.07, 6.45) is 2.36. The van der Waals surface area contributed by atoms with Crippen molar-refractivity contribution in [2.24, 2.45) is 5.73 Å². The summed E-state index contributed by atoms with van der Waals surface area (Å²) in [7, 11) is 0. The summed E-state index contributed by atoms with van der Waals surface area (Å²) in [4.78, 5) is 16.3. The maximum atomic E-state index is 10.6. The molecule has 9 nitrogen and oxygen atoms in total. The molecule has 0 radical (unpaired) electrons. The van der Waals surface area contributed by atoms with Gasteiger partial charge in [-0.3, -0.25) is 10.1 Å². The van der Waals surface area contributed by atoms with Crippen LogP contribution in [0.25, 0.3) is 11.7 Å². The van der Waals surface area contributed by atoms with E-state index >= 15 is 0 Å². The van der Waals surface area contributed by atoms with Crippen LogP contribution in [0.2, 0.25) is 0 Å². The van der Waals surface area contributed by atoms with Gasteiger partial charge in [-0.25, -0.2) is 0 Å². The monoisotopic (exact) mass is 293 g/mol. The lowest BCUT2D eigenvalue weighted by molar-refractivity contribution is -0.401. The molecule has 1 atom stereocenters. The fourth-order valence-electron chi connectivity index (χ4n) is 2.35. The molecule has 9 heteroatoms. The average molecular weight is 293 g/mol. The molecule has 0 amide bonds. The number of aromatic nitrogens is 2. The van der Waals surface area contributed by atoms with Crippen LogP contribution in [0.4, 0.5) is 5.88 Å². The van der Waals surface area contributed by atoms with Crippen molar-refractivity contribution in [1.29, 1.82) is 0 Å². The minimum absolute atomic E-state index is 0.0926. The molecule has 3 heterocycles. The smallest absolute Gasteiger partial charge is 0.395 e. The van der Waals surface area contributed by atoms with E-state index in [0.717, 1.165) is 13.1 Å². The second kappa shape index (κ2) is 5.62. The first-order valence-electron chi connectivity index (χ1n) is 6.69. The number of furan rings is 1. The van der Waals surface area contributed by atoms with Gasteiger partial charge in [-0.1, -0.05) is 5.16 Å². The molecule has 21 heavy (non-hydrogen) atoms. The Morgan fingerprint density at radius 3 is 2.86 bits per heavy atom. The molecule has 3 rings (SSSR count). The highest BCUT2D eigenvalue weighted by Gasteiger charge is 2.22. The Balaban J connectivity index is 1.71. The summed E-state index contributed by atoms with van der Waals surface area (Å²) in [6, 6.07) is 2.30. The third-order valence-corrected chi connectivity index (χ3v) is 3.41. The number of nitro groups is 1. The normalized spacial score (nSPS) is 17.2. The highest BCUT2D eigenvalue weighted by Crippen LogP contribution is 2.25. The van der Waals surface area contributed by atoms with Gasteiger partial charge in [-0.15, -0.1) is 0 Å². The molecule has 112 valence electrons. The van der Waals surface area contributed by atoms with Crippen LogP contribution in [0.5, 0.6) is 0 Å². The Kier molecular flexibility index (Phi) is 3.67. The van der Waals surface area contributed by atoms with Gasteiger partial charge >= 0.3 is 5.88 Å². The van der Waals surface area contributed by atoms with E-state index in [-0.39, 0.29) is 23.6 Å². The van der Waals surface area contributed by atoms with Crippen molar-refractivity contribution in [3.8, 4) is 11.7 Å². The van der Waals surface area contributed by atoms with Gasteiger partial charge in [0.1, 0.15) is 4.92 Å². The van der Waals surface area contributed by atoms with E-state index in [2.05, 4.69) is 15.0 Å². The molecule has 0 saturated carbocycles. The van der Waals surface area contributed by atoms with Crippen molar-refractivity contribution < 1.29 is 13.9 Å². The Morgan fingerprint density at radius 2 is 2.19 bits per heavy atom. The van der Waals surface area contributed by atoms with Crippen molar-refractivity contribution in [2.45, 2.75) is 18.9 Å². The molecular weight excluding hydrogens is 278 g/mol. The first-order chi connectivity index (χ1) is 10.1. The number of rotatable bonds is 5. The maximum Gasteiger partial charge on any atom is 0.433 e. The molecule has 0 aromatic carbocycles. The summed E-state index contributed by atoms with van der Waals surface area (Å²) in [5, 5.41) is 14.4. The zero-order valence-electron chi connectivity index (χ0n) is 11.3. The molecule has 1 unspecified atom stereocenters. The summed E-state index contributed by atoms with van der Waals surface area (Å²) >= 11 is 0. The van der Waals surface area contributed by atoms with E-state index in [0.29, 0.717) is 12.4 Å². The van der Waals surface area contributed by atoms with Crippen LogP contribution in [-0.2, 0) is 0 Å². The van der Waals surface area contributed by atoms with Gasteiger partial charge < -0.3 is 19.6 Å². The van der Waals surface area contributed by atoms with E-state index in [4.69, 9.17) is 14.7 Å². The van der Waals surface area contributed by atoms with E-state index in [1.165, 1.54) is 25.0 Å². The lowest BCUT2D eigenvalue weighted by Crippen LogP contribution is -2.30. The van der Waals surface area contributed by atoms with Gasteiger partial charge in [0.05, 0.1) is 12.1 Å². The van der Waals surface area contributed by atoms with Gasteiger partial charge in [-0.05, 0) is 32.0 Å². The van der Waals surface area contributed by atoms with E-state index in [1.54, 1.807) is 0 Å². The topological polar surface area (TPSA) is 124 Å². The highest BCUT2D eigenvalue weighted by molar-refractivity contribution is 5.46. The third kappa shape index (κ3) is 2.93. The lowest BCUT2D eigenvalue weighted by Gasteiger charge is -2.17. The second-order valence-electron chi connectivity index (χ2n) is 4.97. The number of nitrogens with two attached hydrogens (primary N) is 1. The zero-order chi connectivity index (χ0) is 14.8. The molecule has 2 N–H and O–H groups in total. The quantitative estimate of drug-likeness (QED) is 0.646. The molecule has 1 saturated heterocycles. The molecule has 0 aliphatic carbocycles. The highest BCUT2D eigenvalue weighted by atomic mass is 16.6. The van der Waals surface area contributed by atoms with Crippen LogP contribution in [0.1, 0.15) is 24.7 Å². The zero-order valence-corrected chi connectivity index (χ0v) is 11.3. The van der Waals surface area contributed by atoms with Gasteiger partial charge in [0.2, 0.25) is 0 Å². The maximum absolute atomic E-state index is 10.6. The molecule has 2 aromatic rings. The Labute approximate surface area is 119 Å². The molecule has 1 aliphatic heterocycles. The molecule has 1 aliphatic rings. The summed E-state index contributed by atoms with van der Waals surface area (Å²) in [5.41, 5.74) is 6.05. The van der Waals surface area contributed by atoms with E-state index in [1.807, 2.05) is 0 Å². The van der Waals surface area contributed by atoms with Crippen LogP contribution in [-0.4, -0.2) is 39.6 Å². The minimum Gasteiger partial charge on any atom is -0.395 e. The number of hydrogen-bond acceptors (Lipinski definition) is 8. The first kappa shape index (κ1) is 13.7. The van der Waals surface area contributed by atoms with Crippen LogP contribution in [0, 0.1) is 10.1 Å². The van der Waals surface area contributed by atoms with Gasteiger partial charge in [0.25, 0.3) is 5.89 Å². The predicted octanol–water partition coefficient (Wildman–Crippen LogP) is 1.33. The number of nitrogens with zero attached hydrogens (tertiary/aromatic N) is 4.